The third-order valence-corrected chi connectivity index (χ3v) is 4.57. The molecule has 1 aromatic heterocycles. The van der Waals surface area contributed by atoms with E-state index >= 15 is 0 Å². The van der Waals surface area contributed by atoms with E-state index in [0.717, 1.165) is 34.8 Å². The predicted octanol–water partition coefficient (Wildman–Crippen LogP) is 3.52. The fourth-order valence-electron chi connectivity index (χ4n) is 2.32. The number of thioether (sulfide) groups is 1. The number of nitrogens with zero attached hydrogens (tertiary/aromatic N) is 3. The lowest BCUT2D eigenvalue weighted by atomic mass is 10.3. The van der Waals surface area contributed by atoms with Gasteiger partial charge in [-0.1, -0.05) is 17.8 Å². The monoisotopic (exact) mass is 331 g/mol. The number of methoxy groups -OCH3 is 1. The molecule has 122 valence electrons. The van der Waals surface area contributed by atoms with Crippen LogP contribution in [0.1, 0.15) is 24.6 Å². The SMILES string of the molecule is C=CCn1c(SCCOc2ccc(OC)cc2)nnc1C1CC1. The summed E-state index contributed by atoms with van der Waals surface area (Å²) in [6, 6.07) is 7.61. The van der Waals surface area contributed by atoms with Gasteiger partial charge in [-0.15, -0.1) is 16.8 Å². The topological polar surface area (TPSA) is 49.2 Å². The van der Waals surface area contributed by atoms with Gasteiger partial charge in [0, 0.05) is 18.2 Å². The van der Waals surface area contributed by atoms with Crippen molar-refractivity contribution in [3.05, 3.63) is 42.7 Å². The van der Waals surface area contributed by atoms with Crippen molar-refractivity contribution in [1.82, 2.24) is 14.8 Å². The first kappa shape index (κ1) is 15.9. The molecule has 1 aromatic carbocycles. The summed E-state index contributed by atoms with van der Waals surface area (Å²) >= 11 is 1.67. The van der Waals surface area contributed by atoms with E-state index in [2.05, 4.69) is 21.3 Å². The lowest BCUT2D eigenvalue weighted by Gasteiger charge is -2.08. The van der Waals surface area contributed by atoms with Crippen LogP contribution in [0.4, 0.5) is 0 Å². The molecular weight excluding hydrogens is 310 g/mol. The molecule has 1 aliphatic rings. The van der Waals surface area contributed by atoms with Gasteiger partial charge in [0.1, 0.15) is 17.3 Å². The molecule has 3 rings (SSSR count). The maximum Gasteiger partial charge on any atom is 0.191 e. The van der Waals surface area contributed by atoms with E-state index < -0.39 is 0 Å². The molecule has 0 saturated heterocycles. The fraction of sp³-hybridized carbons (Fsp3) is 0.412. The van der Waals surface area contributed by atoms with Crippen molar-refractivity contribution < 1.29 is 9.47 Å². The van der Waals surface area contributed by atoms with Crippen molar-refractivity contribution in [3.8, 4) is 11.5 Å². The van der Waals surface area contributed by atoms with Gasteiger partial charge in [0.05, 0.1) is 13.7 Å². The molecule has 5 nitrogen and oxygen atoms in total. The molecule has 6 heteroatoms. The number of allylic oxidation sites excluding steroid dienone is 1. The van der Waals surface area contributed by atoms with Gasteiger partial charge in [-0.2, -0.15) is 0 Å². The Labute approximate surface area is 140 Å². The summed E-state index contributed by atoms with van der Waals surface area (Å²) < 4.78 is 13.0. The van der Waals surface area contributed by atoms with E-state index in [-0.39, 0.29) is 0 Å². The first-order valence-electron chi connectivity index (χ1n) is 7.75. The van der Waals surface area contributed by atoms with Crippen LogP contribution in [-0.2, 0) is 6.54 Å². The number of hydrogen-bond acceptors (Lipinski definition) is 5. The first-order valence-corrected chi connectivity index (χ1v) is 8.74. The van der Waals surface area contributed by atoms with Crippen molar-refractivity contribution in [1.29, 1.82) is 0 Å². The highest BCUT2D eigenvalue weighted by molar-refractivity contribution is 7.99. The lowest BCUT2D eigenvalue weighted by molar-refractivity contribution is 0.342. The molecule has 1 saturated carbocycles. The van der Waals surface area contributed by atoms with Crippen LogP contribution < -0.4 is 9.47 Å². The Hall–Kier alpha value is -1.95. The number of ether oxygens (including phenoxy) is 2. The molecule has 1 heterocycles. The zero-order valence-corrected chi connectivity index (χ0v) is 14.1. The summed E-state index contributed by atoms with van der Waals surface area (Å²) in [5.74, 6) is 4.19. The van der Waals surface area contributed by atoms with E-state index in [1.54, 1.807) is 18.9 Å². The van der Waals surface area contributed by atoms with Crippen molar-refractivity contribution in [2.45, 2.75) is 30.5 Å². The molecule has 0 spiro atoms. The number of benzene rings is 1. The maximum absolute atomic E-state index is 5.74. The van der Waals surface area contributed by atoms with Crippen LogP contribution in [0.2, 0.25) is 0 Å². The highest BCUT2D eigenvalue weighted by Crippen LogP contribution is 2.40. The quantitative estimate of drug-likeness (QED) is 0.400. The molecule has 1 fully saturated rings. The summed E-state index contributed by atoms with van der Waals surface area (Å²) in [5, 5.41) is 9.61. The third kappa shape index (κ3) is 4.07. The maximum atomic E-state index is 5.74. The fourth-order valence-corrected chi connectivity index (χ4v) is 3.09. The average Bonchev–Trinajstić information content (AvgIpc) is 3.35. The zero-order valence-electron chi connectivity index (χ0n) is 13.3. The van der Waals surface area contributed by atoms with Gasteiger partial charge < -0.3 is 14.0 Å². The molecule has 0 radical (unpaired) electrons. The number of hydrogen-bond donors (Lipinski definition) is 0. The Bertz CT molecular complexity index is 650. The number of aromatic nitrogens is 3. The van der Waals surface area contributed by atoms with Crippen LogP contribution in [0.5, 0.6) is 11.5 Å². The van der Waals surface area contributed by atoms with Crippen molar-refractivity contribution in [3.63, 3.8) is 0 Å². The van der Waals surface area contributed by atoms with Crippen LogP contribution in [0.15, 0.2) is 42.1 Å². The van der Waals surface area contributed by atoms with Crippen molar-refractivity contribution in [2.24, 2.45) is 0 Å². The predicted molar refractivity (Wildman–Crippen MR) is 91.4 cm³/mol. The standard InChI is InChI=1S/C17H21N3O2S/c1-3-10-20-16(13-4-5-13)18-19-17(20)23-12-11-22-15-8-6-14(21-2)7-9-15/h3,6-9,13H,1,4-5,10-12H2,2H3. The van der Waals surface area contributed by atoms with E-state index in [0.29, 0.717) is 12.5 Å². The van der Waals surface area contributed by atoms with Crippen LogP contribution in [0.25, 0.3) is 0 Å². The minimum Gasteiger partial charge on any atom is -0.497 e. The third-order valence-electron chi connectivity index (χ3n) is 3.64. The molecule has 0 N–H and O–H groups in total. The molecule has 0 amide bonds. The summed E-state index contributed by atoms with van der Waals surface area (Å²) in [7, 11) is 1.65. The Morgan fingerprint density at radius 2 is 2.00 bits per heavy atom. The lowest BCUT2D eigenvalue weighted by Crippen LogP contribution is -2.05. The van der Waals surface area contributed by atoms with Crippen LogP contribution in [0, 0.1) is 0 Å². The Morgan fingerprint density at radius 3 is 2.65 bits per heavy atom. The van der Waals surface area contributed by atoms with Crippen molar-refractivity contribution >= 4 is 11.8 Å². The summed E-state index contributed by atoms with van der Waals surface area (Å²) in [5.41, 5.74) is 0. The van der Waals surface area contributed by atoms with E-state index in [1.807, 2.05) is 30.3 Å². The summed E-state index contributed by atoms with van der Waals surface area (Å²) in [6.45, 7) is 5.21. The largest absolute Gasteiger partial charge is 0.497 e. The second-order valence-electron chi connectivity index (χ2n) is 5.39. The summed E-state index contributed by atoms with van der Waals surface area (Å²) in [6.07, 6.45) is 4.34. The molecule has 1 aliphatic carbocycles. The second-order valence-corrected chi connectivity index (χ2v) is 6.45. The van der Waals surface area contributed by atoms with Crippen molar-refractivity contribution in [2.75, 3.05) is 19.5 Å². The Morgan fingerprint density at radius 1 is 1.26 bits per heavy atom. The van der Waals surface area contributed by atoms with Gasteiger partial charge in [-0.05, 0) is 37.1 Å². The van der Waals surface area contributed by atoms with Crippen LogP contribution in [0.3, 0.4) is 0 Å². The zero-order chi connectivity index (χ0) is 16.1. The van der Waals surface area contributed by atoms with E-state index in [1.165, 1.54) is 12.8 Å². The minimum absolute atomic E-state index is 0.590. The highest BCUT2D eigenvalue weighted by Gasteiger charge is 2.30. The molecule has 2 aromatic rings. The molecular formula is C17H21N3O2S. The molecule has 0 unspecified atom stereocenters. The van der Waals surface area contributed by atoms with Gasteiger partial charge >= 0.3 is 0 Å². The van der Waals surface area contributed by atoms with Gasteiger partial charge in [0.15, 0.2) is 5.16 Å². The number of rotatable bonds is 9. The Kier molecular flexibility index (Phi) is 5.23. The van der Waals surface area contributed by atoms with Gasteiger partial charge in [-0.25, -0.2) is 0 Å². The van der Waals surface area contributed by atoms with Gasteiger partial charge in [0.2, 0.25) is 0 Å². The van der Waals surface area contributed by atoms with Gasteiger partial charge in [-0.3, -0.25) is 0 Å². The highest BCUT2D eigenvalue weighted by atomic mass is 32.2. The van der Waals surface area contributed by atoms with Crippen LogP contribution in [-0.4, -0.2) is 34.2 Å². The second kappa shape index (κ2) is 7.55. The molecule has 0 bridgehead atoms. The summed E-state index contributed by atoms with van der Waals surface area (Å²) in [4.78, 5) is 0. The van der Waals surface area contributed by atoms with E-state index in [9.17, 15) is 0 Å². The molecule has 23 heavy (non-hydrogen) atoms. The van der Waals surface area contributed by atoms with Crippen LogP contribution >= 0.6 is 11.8 Å². The minimum atomic E-state index is 0.590. The van der Waals surface area contributed by atoms with E-state index in [4.69, 9.17) is 9.47 Å². The normalized spacial score (nSPS) is 13.8. The average molecular weight is 331 g/mol. The molecule has 0 atom stereocenters. The van der Waals surface area contributed by atoms with Gasteiger partial charge in [0.25, 0.3) is 0 Å². The first-order chi connectivity index (χ1) is 11.3. The Balaban J connectivity index is 1.51. The molecule has 0 aliphatic heterocycles. The smallest absolute Gasteiger partial charge is 0.191 e.